The van der Waals surface area contributed by atoms with E-state index in [-0.39, 0.29) is 5.54 Å². The van der Waals surface area contributed by atoms with Crippen molar-refractivity contribution in [3.05, 3.63) is 11.8 Å². The lowest BCUT2D eigenvalue weighted by Gasteiger charge is -2.50. The van der Waals surface area contributed by atoms with Crippen LogP contribution in [-0.4, -0.2) is 43.7 Å². The molecular weight excluding hydrogens is 260 g/mol. The monoisotopic (exact) mass is 294 g/mol. The summed E-state index contributed by atoms with van der Waals surface area (Å²) >= 11 is 0. The molecule has 1 saturated carbocycles. The van der Waals surface area contributed by atoms with E-state index in [2.05, 4.69) is 44.2 Å². The average Bonchev–Trinajstić information content (AvgIpc) is 2.50. The Morgan fingerprint density at radius 3 is 2.62 bits per heavy atom. The van der Waals surface area contributed by atoms with Gasteiger partial charge in [0, 0.05) is 5.54 Å². The van der Waals surface area contributed by atoms with Crippen molar-refractivity contribution >= 4 is 0 Å². The smallest absolute Gasteiger partial charge is 0.111 e. The highest BCUT2D eigenvalue weighted by Crippen LogP contribution is 2.40. The first kappa shape index (κ1) is 16.8. The molecule has 0 aromatic rings. The lowest BCUT2D eigenvalue weighted by atomic mass is 9.71. The van der Waals surface area contributed by atoms with Crippen LogP contribution in [0.4, 0.5) is 0 Å². The van der Waals surface area contributed by atoms with Gasteiger partial charge in [-0.15, -0.1) is 0 Å². The summed E-state index contributed by atoms with van der Waals surface area (Å²) in [6, 6.07) is 0.347. The zero-order valence-corrected chi connectivity index (χ0v) is 14.5. The first-order valence-electron chi connectivity index (χ1n) is 8.84. The topological polar surface area (TPSA) is 24.5 Å². The number of nitrogens with one attached hydrogen (secondary N) is 1. The molecule has 1 aliphatic carbocycles. The van der Waals surface area contributed by atoms with Gasteiger partial charge < -0.3 is 15.0 Å². The van der Waals surface area contributed by atoms with E-state index < -0.39 is 0 Å². The Kier molecular flexibility index (Phi) is 6.12. The normalized spacial score (nSPS) is 31.7. The molecule has 0 amide bonds. The summed E-state index contributed by atoms with van der Waals surface area (Å²) in [7, 11) is 4.50. The molecular formula is C18H34N2O. The standard InChI is InChI=1S/C18H34N2O/c1-5-13-19-17(16-8-6-7-14-21-16)18(20(3)4)11-9-15(2)10-12-18/h8,15,17,19H,5-7,9-14H2,1-4H3. The third-order valence-corrected chi connectivity index (χ3v) is 5.41. The van der Waals surface area contributed by atoms with E-state index in [1.165, 1.54) is 44.3 Å². The van der Waals surface area contributed by atoms with Crippen LogP contribution in [0.25, 0.3) is 0 Å². The highest BCUT2D eigenvalue weighted by molar-refractivity contribution is 5.17. The third kappa shape index (κ3) is 3.81. The van der Waals surface area contributed by atoms with Gasteiger partial charge in [0.2, 0.25) is 0 Å². The molecule has 1 unspecified atom stereocenters. The summed E-state index contributed by atoms with van der Waals surface area (Å²) in [6.45, 7) is 6.59. The second kappa shape index (κ2) is 7.64. The maximum absolute atomic E-state index is 6.06. The van der Waals surface area contributed by atoms with Crippen molar-refractivity contribution in [3.63, 3.8) is 0 Å². The van der Waals surface area contributed by atoms with Crippen LogP contribution >= 0.6 is 0 Å². The Labute approximate surface area is 131 Å². The molecule has 1 heterocycles. The summed E-state index contributed by atoms with van der Waals surface area (Å²) in [4.78, 5) is 2.46. The van der Waals surface area contributed by atoms with Gasteiger partial charge in [0.1, 0.15) is 5.76 Å². The molecule has 0 aromatic heterocycles. The molecule has 0 radical (unpaired) electrons. The van der Waals surface area contributed by atoms with Gasteiger partial charge >= 0.3 is 0 Å². The van der Waals surface area contributed by atoms with Gasteiger partial charge in [-0.25, -0.2) is 0 Å². The minimum atomic E-state index is 0.213. The van der Waals surface area contributed by atoms with Gasteiger partial charge in [-0.2, -0.15) is 0 Å². The van der Waals surface area contributed by atoms with Crippen molar-refractivity contribution in [1.29, 1.82) is 0 Å². The number of allylic oxidation sites excluding steroid dienone is 1. The summed E-state index contributed by atoms with van der Waals surface area (Å²) in [6.07, 6.45) is 11.0. The van der Waals surface area contributed by atoms with Crippen molar-refractivity contribution in [3.8, 4) is 0 Å². The van der Waals surface area contributed by atoms with E-state index >= 15 is 0 Å². The number of hydrogen-bond acceptors (Lipinski definition) is 3. The summed E-state index contributed by atoms with van der Waals surface area (Å²) in [5.41, 5.74) is 0.213. The number of likely N-dealkylation sites (N-methyl/N-ethyl adjacent to an activating group) is 1. The molecule has 2 rings (SSSR count). The first-order valence-corrected chi connectivity index (χ1v) is 8.84. The van der Waals surface area contributed by atoms with Crippen molar-refractivity contribution in [2.75, 3.05) is 27.2 Å². The van der Waals surface area contributed by atoms with Gasteiger partial charge in [-0.3, -0.25) is 0 Å². The van der Waals surface area contributed by atoms with E-state index in [9.17, 15) is 0 Å². The Morgan fingerprint density at radius 1 is 1.38 bits per heavy atom. The molecule has 122 valence electrons. The summed E-state index contributed by atoms with van der Waals surface area (Å²) < 4.78 is 6.06. The lowest BCUT2D eigenvalue weighted by molar-refractivity contribution is 0.0275. The molecule has 0 saturated heterocycles. The fourth-order valence-corrected chi connectivity index (χ4v) is 3.88. The molecule has 21 heavy (non-hydrogen) atoms. The van der Waals surface area contributed by atoms with E-state index in [1.54, 1.807) is 0 Å². The van der Waals surface area contributed by atoms with Gasteiger partial charge in [-0.05, 0) is 77.6 Å². The van der Waals surface area contributed by atoms with Gasteiger partial charge in [0.15, 0.2) is 0 Å². The quantitative estimate of drug-likeness (QED) is 0.810. The molecule has 1 fully saturated rings. The van der Waals surface area contributed by atoms with Crippen molar-refractivity contribution in [2.45, 2.75) is 70.4 Å². The van der Waals surface area contributed by atoms with Crippen LogP contribution in [0.15, 0.2) is 11.8 Å². The summed E-state index contributed by atoms with van der Waals surface area (Å²) in [5.74, 6) is 2.07. The SMILES string of the molecule is CCCNC(C1=CCCCO1)C1(N(C)C)CCC(C)CC1. The predicted molar refractivity (Wildman–Crippen MR) is 89.4 cm³/mol. The highest BCUT2D eigenvalue weighted by atomic mass is 16.5. The van der Waals surface area contributed by atoms with Crippen LogP contribution in [0.5, 0.6) is 0 Å². The summed E-state index contributed by atoms with van der Waals surface area (Å²) in [5, 5.41) is 3.81. The van der Waals surface area contributed by atoms with Crippen LogP contribution in [0.3, 0.4) is 0 Å². The number of rotatable bonds is 6. The molecule has 0 bridgehead atoms. The molecule has 3 nitrogen and oxygen atoms in total. The Balaban J connectivity index is 2.24. The molecule has 3 heteroatoms. The molecule has 0 spiro atoms. The Hall–Kier alpha value is -0.540. The van der Waals surface area contributed by atoms with Crippen molar-refractivity contribution in [2.24, 2.45) is 5.92 Å². The van der Waals surface area contributed by atoms with Crippen molar-refractivity contribution in [1.82, 2.24) is 10.2 Å². The predicted octanol–water partition coefficient (Wildman–Crippen LogP) is 3.56. The van der Waals surface area contributed by atoms with Crippen LogP contribution in [-0.2, 0) is 4.74 Å². The molecule has 1 N–H and O–H groups in total. The second-order valence-electron chi connectivity index (χ2n) is 7.16. The minimum Gasteiger partial charge on any atom is -0.497 e. The number of hydrogen-bond donors (Lipinski definition) is 1. The van der Waals surface area contributed by atoms with Crippen LogP contribution < -0.4 is 5.32 Å². The van der Waals surface area contributed by atoms with Crippen LogP contribution in [0.2, 0.25) is 0 Å². The highest BCUT2D eigenvalue weighted by Gasteiger charge is 2.45. The molecule has 1 aliphatic heterocycles. The second-order valence-corrected chi connectivity index (χ2v) is 7.16. The fourth-order valence-electron chi connectivity index (χ4n) is 3.88. The van der Waals surface area contributed by atoms with Crippen LogP contribution in [0, 0.1) is 5.92 Å². The molecule has 0 aromatic carbocycles. The molecule has 2 aliphatic rings. The van der Waals surface area contributed by atoms with Gasteiger partial charge in [0.25, 0.3) is 0 Å². The zero-order chi connectivity index (χ0) is 15.3. The lowest BCUT2D eigenvalue weighted by Crippen LogP contribution is -2.61. The van der Waals surface area contributed by atoms with Gasteiger partial charge in [0.05, 0.1) is 12.6 Å². The van der Waals surface area contributed by atoms with Crippen LogP contribution in [0.1, 0.15) is 58.8 Å². The van der Waals surface area contributed by atoms with Gasteiger partial charge in [-0.1, -0.05) is 13.8 Å². The maximum atomic E-state index is 6.06. The molecule has 1 atom stereocenters. The maximum Gasteiger partial charge on any atom is 0.111 e. The minimum absolute atomic E-state index is 0.213. The van der Waals surface area contributed by atoms with E-state index in [4.69, 9.17) is 4.74 Å². The largest absolute Gasteiger partial charge is 0.497 e. The van der Waals surface area contributed by atoms with Crippen molar-refractivity contribution < 1.29 is 4.74 Å². The van der Waals surface area contributed by atoms with E-state index in [1.807, 2.05) is 0 Å². The third-order valence-electron chi connectivity index (χ3n) is 5.41. The Morgan fingerprint density at radius 2 is 2.10 bits per heavy atom. The fraction of sp³-hybridized carbons (Fsp3) is 0.889. The van der Waals surface area contributed by atoms with E-state index in [0.717, 1.165) is 25.5 Å². The number of nitrogens with zero attached hydrogens (tertiary/aromatic N) is 1. The van der Waals surface area contributed by atoms with E-state index in [0.29, 0.717) is 6.04 Å². The zero-order valence-electron chi connectivity index (χ0n) is 14.5. The number of ether oxygens (including phenoxy) is 1. The average molecular weight is 294 g/mol. The first-order chi connectivity index (χ1) is 10.1. The Bertz CT molecular complexity index is 343.